The molecule has 36 heavy (non-hydrogen) atoms. The minimum atomic E-state index is -1.12. The van der Waals surface area contributed by atoms with Crippen molar-refractivity contribution in [1.29, 1.82) is 0 Å². The van der Waals surface area contributed by atoms with Crippen LogP contribution >= 0.6 is 0 Å². The standard InChI is InChI=1S/C25H22F2N6O3/c1-13-20(10-33-19-5-3-4-17(26)22(19)36-14(2)23(33)34)32-9-16(18(27)6-21(32)31-13)15-7-29-24(30-8-15)25(35)11-28-12-25/h3-9,14,28,35H,10-12H2,1-2H3/t14-/m1/s1. The van der Waals surface area contributed by atoms with Gasteiger partial charge in [0.2, 0.25) is 0 Å². The molecule has 2 aliphatic rings. The summed E-state index contributed by atoms with van der Waals surface area (Å²) in [7, 11) is 0. The summed E-state index contributed by atoms with van der Waals surface area (Å²) >= 11 is 0. The highest BCUT2D eigenvalue weighted by Crippen LogP contribution is 2.37. The third-order valence-electron chi connectivity index (χ3n) is 6.68. The van der Waals surface area contributed by atoms with Crippen molar-refractivity contribution in [3.8, 4) is 16.9 Å². The largest absolute Gasteiger partial charge is 0.476 e. The average Bonchev–Trinajstić information content (AvgIpc) is 3.14. The Morgan fingerprint density at radius 1 is 1.22 bits per heavy atom. The number of β-amino-alcohol motifs (C(OH)–C–C–N with tert-alkyl or cyclic N) is 1. The number of nitrogens with zero attached hydrogens (tertiary/aromatic N) is 5. The van der Waals surface area contributed by atoms with Crippen LogP contribution in [-0.4, -0.2) is 49.6 Å². The number of hydrogen-bond acceptors (Lipinski definition) is 7. The normalized spacial score (nSPS) is 18.6. The van der Waals surface area contributed by atoms with Crippen LogP contribution in [0.1, 0.15) is 24.1 Å². The molecule has 5 heterocycles. The van der Waals surface area contributed by atoms with E-state index >= 15 is 4.39 Å². The van der Waals surface area contributed by atoms with Gasteiger partial charge in [0.15, 0.2) is 23.5 Å². The number of nitrogens with one attached hydrogen (secondary N) is 1. The minimum Gasteiger partial charge on any atom is -0.476 e. The summed E-state index contributed by atoms with van der Waals surface area (Å²) in [5, 5.41) is 13.4. The van der Waals surface area contributed by atoms with Crippen LogP contribution in [0.4, 0.5) is 14.5 Å². The summed E-state index contributed by atoms with van der Waals surface area (Å²) in [5.41, 5.74) is 1.47. The van der Waals surface area contributed by atoms with Crippen LogP contribution in [0.15, 0.2) is 42.9 Å². The van der Waals surface area contributed by atoms with E-state index in [0.29, 0.717) is 41.4 Å². The van der Waals surface area contributed by atoms with Crippen LogP contribution in [0.3, 0.4) is 0 Å². The summed E-state index contributed by atoms with van der Waals surface area (Å²) in [6.45, 7) is 4.13. The number of hydrogen-bond donors (Lipinski definition) is 2. The number of rotatable bonds is 4. The van der Waals surface area contributed by atoms with Crippen LogP contribution in [0.2, 0.25) is 0 Å². The number of carbonyl (C=O) groups excluding carboxylic acids is 1. The van der Waals surface area contributed by atoms with Crippen molar-refractivity contribution in [2.24, 2.45) is 0 Å². The molecular formula is C25H22F2N6O3. The SMILES string of the molecule is Cc1nc2cc(F)c(-c3cnc(C4(O)CNC4)nc3)cn2c1CN1C(=O)[C@@H](C)Oc2c(F)cccc21. The van der Waals surface area contributed by atoms with Crippen molar-refractivity contribution in [1.82, 2.24) is 24.7 Å². The Labute approximate surface area is 204 Å². The number of aromatic nitrogens is 4. The summed E-state index contributed by atoms with van der Waals surface area (Å²) in [5.74, 6) is -1.10. The fraction of sp³-hybridized carbons (Fsp3) is 0.280. The Bertz CT molecular complexity index is 1520. The fourth-order valence-electron chi connectivity index (χ4n) is 4.57. The molecule has 1 amide bonds. The number of pyridine rings is 1. The lowest BCUT2D eigenvalue weighted by Crippen LogP contribution is -2.57. The monoisotopic (exact) mass is 492 g/mol. The first-order valence-corrected chi connectivity index (χ1v) is 11.4. The number of para-hydroxylation sites is 1. The van der Waals surface area contributed by atoms with E-state index in [1.807, 2.05) is 0 Å². The Kier molecular flexibility index (Phi) is 5.02. The second-order valence-corrected chi connectivity index (χ2v) is 9.11. The van der Waals surface area contributed by atoms with Crippen LogP contribution in [0.5, 0.6) is 5.75 Å². The molecule has 0 saturated carbocycles. The Morgan fingerprint density at radius 2 is 1.97 bits per heavy atom. The van der Waals surface area contributed by atoms with Gasteiger partial charge in [0.1, 0.15) is 17.1 Å². The van der Waals surface area contributed by atoms with Gasteiger partial charge >= 0.3 is 0 Å². The molecular weight excluding hydrogens is 470 g/mol. The third kappa shape index (κ3) is 3.42. The molecule has 1 aromatic carbocycles. The van der Waals surface area contributed by atoms with E-state index < -0.39 is 23.3 Å². The molecule has 11 heteroatoms. The van der Waals surface area contributed by atoms with Gasteiger partial charge in [-0.15, -0.1) is 0 Å². The Morgan fingerprint density at radius 3 is 2.67 bits per heavy atom. The highest BCUT2D eigenvalue weighted by atomic mass is 19.1. The third-order valence-corrected chi connectivity index (χ3v) is 6.68. The van der Waals surface area contributed by atoms with Crippen LogP contribution in [0.25, 0.3) is 16.8 Å². The second kappa shape index (κ2) is 8.04. The lowest BCUT2D eigenvalue weighted by molar-refractivity contribution is -0.125. The van der Waals surface area contributed by atoms with Crippen molar-refractivity contribution >= 4 is 17.2 Å². The van der Waals surface area contributed by atoms with Gasteiger partial charge in [0.05, 0.1) is 23.6 Å². The molecule has 1 fully saturated rings. The topological polar surface area (TPSA) is 105 Å². The van der Waals surface area contributed by atoms with E-state index in [1.54, 1.807) is 30.5 Å². The first kappa shape index (κ1) is 22.5. The number of amides is 1. The van der Waals surface area contributed by atoms with E-state index in [0.717, 1.165) is 0 Å². The predicted molar refractivity (Wildman–Crippen MR) is 125 cm³/mol. The number of benzene rings is 1. The number of fused-ring (bicyclic) bond motifs is 2. The number of carbonyl (C=O) groups is 1. The molecule has 0 unspecified atom stereocenters. The molecule has 2 aliphatic heterocycles. The molecule has 0 spiro atoms. The van der Waals surface area contributed by atoms with Gasteiger partial charge < -0.3 is 19.6 Å². The first-order chi connectivity index (χ1) is 17.2. The molecule has 1 saturated heterocycles. The Balaban J connectivity index is 1.41. The fourth-order valence-corrected chi connectivity index (χ4v) is 4.57. The zero-order chi connectivity index (χ0) is 25.2. The summed E-state index contributed by atoms with van der Waals surface area (Å²) in [6.07, 6.45) is 3.66. The van der Waals surface area contributed by atoms with Gasteiger partial charge in [-0.3, -0.25) is 9.69 Å². The van der Waals surface area contributed by atoms with E-state index in [4.69, 9.17) is 4.74 Å². The maximum Gasteiger partial charge on any atom is 0.268 e. The van der Waals surface area contributed by atoms with Crippen LogP contribution in [0, 0.1) is 18.6 Å². The van der Waals surface area contributed by atoms with Crippen molar-refractivity contribution in [2.75, 3.05) is 18.0 Å². The highest BCUT2D eigenvalue weighted by Gasteiger charge is 2.39. The average molecular weight is 492 g/mol. The van der Waals surface area contributed by atoms with Crippen molar-refractivity contribution in [3.05, 3.63) is 71.7 Å². The number of aryl methyl sites for hydroxylation is 1. The van der Waals surface area contributed by atoms with Crippen molar-refractivity contribution in [3.63, 3.8) is 0 Å². The lowest BCUT2D eigenvalue weighted by atomic mass is 9.96. The second-order valence-electron chi connectivity index (χ2n) is 9.11. The smallest absolute Gasteiger partial charge is 0.268 e. The number of ether oxygens (including phenoxy) is 1. The molecule has 2 N–H and O–H groups in total. The van der Waals surface area contributed by atoms with E-state index in [2.05, 4.69) is 20.3 Å². The lowest BCUT2D eigenvalue weighted by Gasteiger charge is -2.35. The molecule has 9 nitrogen and oxygen atoms in total. The van der Waals surface area contributed by atoms with Gasteiger partial charge in [-0.1, -0.05) is 6.07 Å². The van der Waals surface area contributed by atoms with Gasteiger partial charge in [-0.05, 0) is 26.0 Å². The number of imidazole rings is 1. The zero-order valence-corrected chi connectivity index (χ0v) is 19.5. The predicted octanol–water partition coefficient (Wildman–Crippen LogP) is 2.48. The van der Waals surface area contributed by atoms with Crippen LogP contribution < -0.4 is 15.0 Å². The van der Waals surface area contributed by atoms with E-state index in [1.165, 1.54) is 35.5 Å². The highest BCUT2D eigenvalue weighted by molar-refractivity contribution is 5.99. The minimum absolute atomic E-state index is 0.0170. The number of aliphatic hydroxyl groups is 1. The maximum absolute atomic E-state index is 15.1. The summed E-state index contributed by atoms with van der Waals surface area (Å²) < 4.78 is 36.7. The molecule has 184 valence electrons. The Hall–Kier alpha value is -3.96. The molecule has 0 bridgehead atoms. The van der Waals surface area contributed by atoms with Gasteiger partial charge in [-0.25, -0.2) is 23.7 Å². The zero-order valence-electron chi connectivity index (χ0n) is 19.5. The molecule has 0 radical (unpaired) electrons. The summed E-state index contributed by atoms with van der Waals surface area (Å²) in [4.78, 5) is 27.4. The first-order valence-electron chi connectivity index (χ1n) is 11.4. The number of halogens is 2. The van der Waals surface area contributed by atoms with Crippen molar-refractivity contribution in [2.45, 2.75) is 32.1 Å². The van der Waals surface area contributed by atoms with Gasteiger partial charge in [0, 0.05) is 48.9 Å². The van der Waals surface area contributed by atoms with E-state index in [-0.39, 0.29) is 29.6 Å². The number of anilines is 1. The molecule has 1 atom stereocenters. The molecule has 3 aromatic heterocycles. The van der Waals surface area contributed by atoms with Gasteiger partial charge in [-0.2, -0.15) is 0 Å². The van der Waals surface area contributed by atoms with E-state index in [9.17, 15) is 14.3 Å². The quantitative estimate of drug-likeness (QED) is 0.451. The molecule has 6 rings (SSSR count). The van der Waals surface area contributed by atoms with Crippen molar-refractivity contribution < 1.29 is 23.4 Å². The molecule has 0 aliphatic carbocycles. The maximum atomic E-state index is 15.1. The van der Waals surface area contributed by atoms with Crippen LogP contribution in [-0.2, 0) is 16.9 Å². The van der Waals surface area contributed by atoms with Gasteiger partial charge in [0.25, 0.3) is 5.91 Å². The molecule has 4 aromatic rings. The summed E-state index contributed by atoms with van der Waals surface area (Å²) in [6, 6.07) is 5.72.